The highest BCUT2D eigenvalue weighted by molar-refractivity contribution is 5.94. The monoisotopic (exact) mass is 478 g/mol. The van der Waals surface area contributed by atoms with E-state index in [1.807, 2.05) is 18.2 Å². The second kappa shape index (κ2) is 9.49. The number of pyridine rings is 1. The fourth-order valence-corrected chi connectivity index (χ4v) is 3.70. The first kappa shape index (κ1) is 22.4. The zero-order valence-corrected chi connectivity index (χ0v) is 18.9. The van der Waals surface area contributed by atoms with E-state index in [0.717, 1.165) is 30.8 Å². The zero-order chi connectivity index (χ0) is 24.4. The Balaban J connectivity index is 1.45. The van der Waals surface area contributed by atoms with E-state index < -0.39 is 23.9 Å². The number of fused-ring (bicyclic) bond motifs is 1. The van der Waals surface area contributed by atoms with Gasteiger partial charge in [0.2, 0.25) is 5.95 Å². The van der Waals surface area contributed by atoms with Crippen molar-refractivity contribution in [3.8, 4) is 0 Å². The van der Waals surface area contributed by atoms with E-state index in [2.05, 4.69) is 35.9 Å². The summed E-state index contributed by atoms with van der Waals surface area (Å²) in [6, 6.07) is 7.32. The molecule has 0 bridgehead atoms. The Labute approximate surface area is 199 Å². The van der Waals surface area contributed by atoms with Crippen LogP contribution in [0, 0.1) is 5.95 Å². The lowest BCUT2D eigenvalue weighted by Crippen LogP contribution is -2.31. The summed E-state index contributed by atoms with van der Waals surface area (Å²) in [5.41, 5.74) is 1.95. The summed E-state index contributed by atoms with van der Waals surface area (Å²) in [5.74, 6) is 0.287. The SMILES string of the molecule is COC(=O)CC[C@H](NC(=O)c1ccc(F)nc1)c1nc(Nc2cc(C3CC3)[nH]n2)c2cccn2n1. The summed E-state index contributed by atoms with van der Waals surface area (Å²) >= 11 is 0. The first-order valence-corrected chi connectivity index (χ1v) is 11.2. The Kier molecular flexibility index (Phi) is 6.08. The Morgan fingerprint density at radius 3 is 2.91 bits per heavy atom. The minimum atomic E-state index is -0.736. The lowest BCUT2D eigenvalue weighted by atomic mass is 10.1. The van der Waals surface area contributed by atoms with Gasteiger partial charge in [0.25, 0.3) is 5.91 Å². The van der Waals surface area contributed by atoms with Gasteiger partial charge in [-0.05, 0) is 43.5 Å². The molecule has 0 spiro atoms. The van der Waals surface area contributed by atoms with Crippen LogP contribution in [-0.2, 0) is 9.53 Å². The molecule has 1 fully saturated rings. The number of aromatic amines is 1. The number of halogens is 1. The third kappa shape index (κ3) is 5.10. The molecule has 3 N–H and O–H groups in total. The number of nitrogens with zero attached hydrogens (tertiary/aromatic N) is 5. The number of carbonyl (C=O) groups excluding carboxylic acids is 2. The van der Waals surface area contributed by atoms with Crippen molar-refractivity contribution in [2.24, 2.45) is 0 Å². The number of methoxy groups -OCH3 is 1. The molecule has 1 amide bonds. The molecular weight excluding hydrogens is 455 g/mol. The molecule has 4 heterocycles. The van der Waals surface area contributed by atoms with Crippen LogP contribution >= 0.6 is 0 Å². The number of hydrogen-bond acceptors (Lipinski definition) is 8. The minimum absolute atomic E-state index is 0.0308. The molecule has 0 aromatic carbocycles. The number of ether oxygens (including phenoxy) is 1. The highest BCUT2D eigenvalue weighted by Crippen LogP contribution is 2.39. The fourth-order valence-electron chi connectivity index (χ4n) is 3.70. The van der Waals surface area contributed by atoms with E-state index in [4.69, 9.17) is 4.74 Å². The summed E-state index contributed by atoms with van der Waals surface area (Å²) in [6.07, 6.45) is 5.41. The van der Waals surface area contributed by atoms with Gasteiger partial charge < -0.3 is 15.4 Å². The molecule has 1 saturated carbocycles. The number of anilines is 2. The third-order valence-electron chi connectivity index (χ3n) is 5.74. The molecule has 35 heavy (non-hydrogen) atoms. The van der Waals surface area contributed by atoms with Gasteiger partial charge in [-0.15, -0.1) is 0 Å². The lowest BCUT2D eigenvalue weighted by Gasteiger charge is -2.18. The highest BCUT2D eigenvalue weighted by atomic mass is 19.1. The zero-order valence-electron chi connectivity index (χ0n) is 18.9. The van der Waals surface area contributed by atoms with Crippen LogP contribution in [0.15, 0.2) is 42.7 Å². The van der Waals surface area contributed by atoms with Crippen LogP contribution in [-0.4, -0.2) is 48.8 Å². The Morgan fingerprint density at radius 1 is 1.31 bits per heavy atom. The van der Waals surface area contributed by atoms with Crippen LogP contribution in [0.1, 0.15) is 59.5 Å². The third-order valence-corrected chi connectivity index (χ3v) is 5.74. The molecule has 1 aliphatic carbocycles. The van der Waals surface area contributed by atoms with Gasteiger partial charge in [0.1, 0.15) is 5.52 Å². The molecule has 180 valence electrons. The summed E-state index contributed by atoms with van der Waals surface area (Å²) < 4.78 is 19.6. The predicted octanol–water partition coefficient (Wildman–Crippen LogP) is 3.03. The van der Waals surface area contributed by atoms with Crippen LogP contribution in [0.3, 0.4) is 0 Å². The minimum Gasteiger partial charge on any atom is -0.469 e. The van der Waals surface area contributed by atoms with Crippen molar-refractivity contribution in [1.29, 1.82) is 0 Å². The van der Waals surface area contributed by atoms with Crippen molar-refractivity contribution < 1.29 is 18.7 Å². The normalized spacial score (nSPS) is 14.0. The molecule has 0 aliphatic heterocycles. The smallest absolute Gasteiger partial charge is 0.305 e. The van der Waals surface area contributed by atoms with Crippen molar-refractivity contribution in [2.45, 2.75) is 37.6 Å². The van der Waals surface area contributed by atoms with E-state index in [-0.39, 0.29) is 24.2 Å². The second-order valence-corrected chi connectivity index (χ2v) is 8.27. The molecule has 1 aliphatic rings. The topological polar surface area (TPSA) is 139 Å². The van der Waals surface area contributed by atoms with Gasteiger partial charge in [-0.1, -0.05) is 0 Å². The maximum absolute atomic E-state index is 13.2. The van der Waals surface area contributed by atoms with E-state index in [9.17, 15) is 14.0 Å². The van der Waals surface area contributed by atoms with Crippen LogP contribution < -0.4 is 10.6 Å². The maximum Gasteiger partial charge on any atom is 0.305 e. The van der Waals surface area contributed by atoms with Gasteiger partial charge >= 0.3 is 5.97 Å². The van der Waals surface area contributed by atoms with Crippen molar-refractivity contribution in [3.63, 3.8) is 0 Å². The molecule has 0 saturated heterocycles. The number of esters is 1. The quantitative estimate of drug-likeness (QED) is 0.246. The van der Waals surface area contributed by atoms with E-state index in [0.29, 0.717) is 23.1 Å². The number of hydrogen-bond donors (Lipinski definition) is 3. The number of carbonyl (C=O) groups is 2. The number of nitrogens with one attached hydrogen (secondary N) is 3. The molecule has 11 nitrogen and oxygen atoms in total. The summed E-state index contributed by atoms with van der Waals surface area (Å²) in [7, 11) is 1.30. The van der Waals surface area contributed by atoms with Gasteiger partial charge in [0, 0.05) is 36.5 Å². The maximum atomic E-state index is 13.2. The molecular formula is C23H23FN8O3. The van der Waals surface area contributed by atoms with Gasteiger partial charge in [0.05, 0.1) is 18.7 Å². The van der Waals surface area contributed by atoms with Crippen LogP contribution in [0.25, 0.3) is 5.52 Å². The van der Waals surface area contributed by atoms with Gasteiger partial charge in [-0.25, -0.2) is 14.5 Å². The van der Waals surface area contributed by atoms with Crippen molar-refractivity contribution in [3.05, 3.63) is 65.8 Å². The van der Waals surface area contributed by atoms with Gasteiger partial charge in [-0.3, -0.25) is 14.7 Å². The Bertz CT molecular complexity index is 1360. The van der Waals surface area contributed by atoms with Crippen molar-refractivity contribution in [1.82, 2.24) is 35.1 Å². The molecule has 1 atom stereocenters. The molecule has 12 heteroatoms. The number of aromatic nitrogens is 6. The molecule has 4 aromatic heterocycles. The van der Waals surface area contributed by atoms with Crippen molar-refractivity contribution in [2.75, 3.05) is 12.4 Å². The molecule has 4 aromatic rings. The van der Waals surface area contributed by atoms with Gasteiger partial charge in [0.15, 0.2) is 17.5 Å². The van der Waals surface area contributed by atoms with E-state index >= 15 is 0 Å². The van der Waals surface area contributed by atoms with E-state index in [1.54, 1.807) is 10.7 Å². The molecule has 0 unspecified atom stereocenters. The standard InChI is InChI=1S/C23H23FN8O3/c1-35-20(33)9-7-15(26-23(34)14-6-8-18(24)25-12-14)21-28-22(17-3-2-10-32(17)31-21)27-19-11-16(29-30-19)13-4-5-13/h2-3,6,8,10-13,15H,4-5,7,9H2,1H3,(H,26,34)(H2,27,28,29,30,31)/t15-/m0/s1. The van der Waals surface area contributed by atoms with Crippen LogP contribution in [0.5, 0.6) is 0 Å². The lowest BCUT2D eigenvalue weighted by molar-refractivity contribution is -0.140. The largest absolute Gasteiger partial charge is 0.469 e. The average Bonchev–Trinajstić information content (AvgIpc) is 3.41. The Morgan fingerprint density at radius 2 is 2.17 bits per heavy atom. The van der Waals surface area contributed by atoms with E-state index in [1.165, 1.54) is 13.2 Å². The average molecular weight is 478 g/mol. The number of amides is 1. The Hall–Kier alpha value is -4.35. The highest BCUT2D eigenvalue weighted by Gasteiger charge is 2.26. The first-order valence-electron chi connectivity index (χ1n) is 11.2. The van der Waals surface area contributed by atoms with Crippen LogP contribution in [0.2, 0.25) is 0 Å². The second-order valence-electron chi connectivity index (χ2n) is 8.27. The summed E-state index contributed by atoms with van der Waals surface area (Å²) in [5, 5.41) is 18.0. The van der Waals surface area contributed by atoms with Gasteiger partial charge in [-0.2, -0.15) is 14.6 Å². The summed E-state index contributed by atoms with van der Waals surface area (Å²) in [6.45, 7) is 0. The fraction of sp³-hybridized carbons (Fsp3) is 0.304. The number of rotatable bonds is 9. The van der Waals surface area contributed by atoms with Crippen LogP contribution in [0.4, 0.5) is 16.0 Å². The number of H-pyrrole nitrogens is 1. The molecule has 5 rings (SSSR count). The summed E-state index contributed by atoms with van der Waals surface area (Å²) in [4.78, 5) is 32.8. The predicted molar refractivity (Wildman–Crippen MR) is 122 cm³/mol. The molecule has 0 radical (unpaired) electrons. The first-order chi connectivity index (χ1) is 17.0. The van der Waals surface area contributed by atoms with Crippen molar-refractivity contribution >= 4 is 29.0 Å².